The molecule has 4 rings (SSSR count). The first kappa shape index (κ1) is 18.4. The standard InChI is InChI=1S/C19H20BrF2N3O2/c1-17(2,3)27-16(26)25-10-19(21,22)14-8-18(14,25)15-23-9-13(24-15)11-4-6-12(20)7-5-11/h4-7,9,14H,8,10H2,1-3H3,(H,23,24)/t14?,18-/m1/s1. The maximum absolute atomic E-state index is 14.4. The number of hydrogen-bond acceptors (Lipinski definition) is 3. The first-order chi connectivity index (χ1) is 12.5. The molecule has 1 aromatic carbocycles. The number of H-pyrrole nitrogens is 1. The lowest BCUT2D eigenvalue weighted by Crippen LogP contribution is -2.43. The summed E-state index contributed by atoms with van der Waals surface area (Å²) in [6, 6.07) is 7.59. The molecule has 2 aliphatic rings. The van der Waals surface area contributed by atoms with E-state index in [0.717, 1.165) is 20.6 Å². The van der Waals surface area contributed by atoms with Crippen LogP contribution < -0.4 is 0 Å². The molecule has 1 aromatic heterocycles. The third-order valence-electron chi connectivity index (χ3n) is 5.05. The number of amides is 1. The number of imidazole rings is 1. The number of fused-ring (bicyclic) bond motifs is 1. The minimum absolute atomic E-state index is 0.173. The number of benzene rings is 1. The van der Waals surface area contributed by atoms with E-state index in [1.807, 2.05) is 24.3 Å². The van der Waals surface area contributed by atoms with E-state index in [9.17, 15) is 13.6 Å². The van der Waals surface area contributed by atoms with Crippen molar-refractivity contribution in [1.82, 2.24) is 14.9 Å². The van der Waals surface area contributed by atoms with Crippen LogP contribution in [-0.4, -0.2) is 39.0 Å². The van der Waals surface area contributed by atoms with E-state index in [2.05, 4.69) is 25.9 Å². The number of likely N-dealkylation sites (tertiary alicyclic amines) is 1. The van der Waals surface area contributed by atoms with E-state index in [1.165, 1.54) is 0 Å². The number of rotatable bonds is 2. The van der Waals surface area contributed by atoms with Crippen molar-refractivity contribution in [3.63, 3.8) is 0 Å². The van der Waals surface area contributed by atoms with Crippen molar-refractivity contribution in [2.24, 2.45) is 5.92 Å². The molecule has 0 spiro atoms. The summed E-state index contributed by atoms with van der Waals surface area (Å²) in [5.74, 6) is -3.52. The fourth-order valence-corrected chi connectivity index (χ4v) is 4.03. The summed E-state index contributed by atoms with van der Waals surface area (Å²) in [6.07, 6.45) is 1.06. The smallest absolute Gasteiger partial charge is 0.411 e. The number of carbonyl (C=O) groups is 1. The van der Waals surface area contributed by atoms with Gasteiger partial charge in [-0.25, -0.2) is 18.6 Å². The molecule has 2 atom stereocenters. The predicted octanol–water partition coefficient (Wildman–Crippen LogP) is 4.94. The number of halogens is 3. The largest absolute Gasteiger partial charge is 0.444 e. The van der Waals surface area contributed by atoms with Crippen LogP contribution >= 0.6 is 15.9 Å². The minimum Gasteiger partial charge on any atom is -0.444 e. The number of nitrogens with zero attached hydrogens (tertiary/aromatic N) is 2. The molecule has 5 nitrogen and oxygen atoms in total. The van der Waals surface area contributed by atoms with Crippen molar-refractivity contribution < 1.29 is 18.3 Å². The molecule has 1 saturated carbocycles. The van der Waals surface area contributed by atoms with Gasteiger partial charge in [-0.2, -0.15) is 0 Å². The molecule has 1 aliphatic carbocycles. The summed E-state index contributed by atoms with van der Waals surface area (Å²) in [6.45, 7) is 4.50. The molecule has 2 fully saturated rings. The van der Waals surface area contributed by atoms with Gasteiger partial charge in [-0.3, -0.25) is 4.90 Å². The van der Waals surface area contributed by atoms with Crippen molar-refractivity contribution >= 4 is 22.0 Å². The molecular weight excluding hydrogens is 420 g/mol. The topological polar surface area (TPSA) is 58.2 Å². The lowest BCUT2D eigenvalue weighted by molar-refractivity contribution is -0.0266. The van der Waals surface area contributed by atoms with Crippen molar-refractivity contribution in [3.8, 4) is 11.3 Å². The normalized spacial score (nSPS) is 26.0. The molecule has 1 saturated heterocycles. The molecule has 2 heterocycles. The van der Waals surface area contributed by atoms with Gasteiger partial charge in [0.15, 0.2) is 0 Å². The van der Waals surface area contributed by atoms with Gasteiger partial charge in [0, 0.05) is 4.47 Å². The molecule has 1 aliphatic heterocycles. The van der Waals surface area contributed by atoms with Crippen LogP contribution in [0.15, 0.2) is 34.9 Å². The van der Waals surface area contributed by atoms with E-state index in [0.29, 0.717) is 5.82 Å². The van der Waals surface area contributed by atoms with Crippen molar-refractivity contribution in [2.45, 2.75) is 44.3 Å². The maximum atomic E-state index is 14.4. The molecule has 1 N–H and O–H groups in total. The van der Waals surface area contributed by atoms with Gasteiger partial charge in [0.1, 0.15) is 17.0 Å². The average molecular weight is 440 g/mol. The highest BCUT2D eigenvalue weighted by atomic mass is 79.9. The maximum Gasteiger partial charge on any atom is 0.411 e. The highest BCUT2D eigenvalue weighted by Crippen LogP contribution is 2.67. The Bertz CT molecular complexity index is 891. The Hall–Kier alpha value is -1.96. The summed E-state index contributed by atoms with van der Waals surface area (Å²) in [5, 5.41) is 0. The zero-order chi connectivity index (χ0) is 19.6. The number of alkyl halides is 2. The molecule has 1 amide bonds. The van der Waals surface area contributed by atoms with Crippen LogP contribution in [0.1, 0.15) is 33.0 Å². The van der Waals surface area contributed by atoms with Crippen LogP contribution in [-0.2, 0) is 10.3 Å². The van der Waals surface area contributed by atoms with Gasteiger partial charge in [-0.15, -0.1) is 0 Å². The zero-order valence-corrected chi connectivity index (χ0v) is 16.8. The summed E-state index contributed by atoms with van der Waals surface area (Å²) < 4.78 is 35.2. The van der Waals surface area contributed by atoms with Gasteiger partial charge < -0.3 is 9.72 Å². The second-order valence-electron chi connectivity index (χ2n) is 8.16. The Kier molecular flexibility index (Phi) is 3.93. The molecule has 0 radical (unpaired) electrons. The van der Waals surface area contributed by atoms with Crippen LogP contribution in [0.25, 0.3) is 11.3 Å². The SMILES string of the molecule is CC(C)(C)OC(=O)N1CC(F)(F)C2C[C@]21c1ncc(-c2ccc(Br)cc2)[nH]1. The van der Waals surface area contributed by atoms with Gasteiger partial charge >= 0.3 is 6.09 Å². The van der Waals surface area contributed by atoms with E-state index in [-0.39, 0.29) is 6.42 Å². The molecule has 1 unspecified atom stereocenters. The highest BCUT2D eigenvalue weighted by Gasteiger charge is 2.78. The Morgan fingerprint density at radius 1 is 1.33 bits per heavy atom. The fourth-order valence-electron chi connectivity index (χ4n) is 3.76. The molecule has 2 aromatic rings. The summed E-state index contributed by atoms with van der Waals surface area (Å²) in [5.41, 5.74) is -0.276. The van der Waals surface area contributed by atoms with Crippen molar-refractivity contribution in [2.75, 3.05) is 6.54 Å². The van der Waals surface area contributed by atoms with Crippen molar-refractivity contribution in [1.29, 1.82) is 0 Å². The second kappa shape index (κ2) is 5.77. The fraction of sp³-hybridized carbons (Fsp3) is 0.474. The Balaban J connectivity index is 1.67. The quantitative estimate of drug-likeness (QED) is 0.720. The lowest BCUT2D eigenvalue weighted by Gasteiger charge is -2.30. The number of piperidine rings is 1. The molecule has 0 bridgehead atoms. The number of ether oxygens (including phenoxy) is 1. The molecule has 8 heteroatoms. The Labute approximate surface area is 164 Å². The van der Waals surface area contributed by atoms with E-state index in [1.54, 1.807) is 27.0 Å². The van der Waals surface area contributed by atoms with E-state index >= 15 is 0 Å². The monoisotopic (exact) mass is 439 g/mol. The summed E-state index contributed by atoms with van der Waals surface area (Å²) in [7, 11) is 0. The third kappa shape index (κ3) is 3.03. The van der Waals surface area contributed by atoms with Crippen LogP contribution in [0.4, 0.5) is 13.6 Å². The second-order valence-corrected chi connectivity index (χ2v) is 9.08. The molecule has 27 heavy (non-hydrogen) atoms. The first-order valence-corrected chi connectivity index (χ1v) is 9.52. The summed E-state index contributed by atoms with van der Waals surface area (Å²) in [4.78, 5) is 21.3. The summed E-state index contributed by atoms with van der Waals surface area (Å²) >= 11 is 3.39. The highest BCUT2D eigenvalue weighted by molar-refractivity contribution is 9.10. The van der Waals surface area contributed by atoms with Crippen LogP contribution in [0.3, 0.4) is 0 Å². The minimum atomic E-state index is -2.96. The predicted molar refractivity (Wildman–Crippen MR) is 99.4 cm³/mol. The van der Waals surface area contributed by atoms with Crippen molar-refractivity contribution in [3.05, 3.63) is 40.8 Å². The molecular formula is C19H20BrF2N3O2. The lowest BCUT2D eigenvalue weighted by atomic mass is 10.1. The molecule has 144 valence electrons. The van der Waals surface area contributed by atoms with E-state index < -0.39 is 35.6 Å². The van der Waals surface area contributed by atoms with Crippen LogP contribution in [0.5, 0.6) is 0 Å². The van der Waals surface area contributed by atoms with E-state index in [4.69, 9.17) is 4.74 Å². The Morgan fingerprint density at radius 3 is 2.59 bits per heavy atom. The first-order valence-electron chi connectivity index (χ1n) is 8.73. The average Bonchev–Trinajstić information content (AvgIpc) is 3.04. The van der Waals surface area contributed by atoms with Gasteiger partial charge in [-0.1, -0.05) is 28.1 Å². The van der Waals surface area contributed by atoms with Gasteiger partial charge in [-0.05, 0) is 44.9 Å². The van der Waals surface area contributed by atoms with Crippen LogP contribution in [0.2, 0.25) is 0 Å². The Morgan fingerprint density at radius 2 is 2.00 bits per heavy atom. The van der Waals surface area contributed by atoms with Gasteiger partial charge in [0.25, 0.3) is 5.92 Å². The number of aromatic nitrogens is 2. The van der Waals surface area contributed by atoms with Crippen LogP contribution in [0, 0.1) is 5.92 Å². The van der Waals surface area contributed by atoms with Gasteiger partial charge in [0.05, 0.1) is 24.4 Å². The van der Waals surface area contributed by atoms with Gasteiger partial charge in [0.2, 0.25) is 0 Å². The number of carbonyl (C=O) groups excluding carboxylic acids is 1. The number of hydrogen-bond donors (Lipinski definition) is 1. The zero-order valence-electron chi connectivity index (χ0n) is 15.2. The third-order valence-corrected chi connectivity index (χ3v) is 5.58. The number of nitrogens with one attached hydrogen (secondary N) is 1. The number of aromatic amines is 1.